The molecule has 0 radical (unpaired) electrons. The third kappa shape index (κ3) is 2.88. The zero-order valence-electron chi connectivity index (χ0n) is 10.8. The maximum atomic E-state index is 12.0. The second-order valence-electron chi connectivity index (χ2n) is 5.56. The summed E-state index contributed by atoms with van der Waals surface area (Å²) >= 11 is 0. The van der Waals surface area contributed by atoms with Crippen molar-refractivity contribution >= 4 is 11.8 Å². The Balaban J connectivity index is 1.99. The number of rotatable bonds is 1. The first-order valence-corrected chi connectivity index (χ1v) is 7.00. The van der Waals surface area contributed by atoms with Crippen molar-refractivity contribution in [2.24, 2.45) is 11.8 Å². The van der Waals surface area contributed by atoms with Gasteiger partial charge >= 0.3 is 0 Å². The summed E-state index contributed by atoms with van der Waals surface area (Å²) in [4.78, 5) is 24.9. The van der Waals surface area contributed by atoms with Crippen LogP contribution in [0.1, 0.15) is 57.8 Å². The van der Waals surface area contributed by atoms with Gasteiger partial charge in [-0.25, -0.2) is 0 Å². The molecule has 0 spiro atoms. The van der Waals surface area contributed by atoms with Crippen LogP contribution in [0, 0.1) is 11.8 Å². The van der Waals surface area contributed by atoms with E-state index in [1.165, 1.54) is 43.4 Å². The summed E-state index contributed by atoms with van der Waals surface area (Å²) in [5.74, 6) is 0.527. The fourth-order valence-corrected chi connectivity index (χ4v) is 3.22. The van der Waals surface area contributed by atoms with E-state index in [0.717, 1.165) is 12.8 Å². The minimum Gasteiger partial charge on any atom is -0.285 e. The van der Waals surface area contributed by atoms with Crippen LogP contribution in [0.3, 0.4) is 0 Å². The number of carbonyl (C=O) groups excluding carboxylic acids is 2. The van der Waals surface area contributed by atoms with Gasteiger partial charge < -0.3 is 0 Å². The lowest BCUT2D eigenvalue weighted by molar-refractivity contribution is -0.138. The van der Waals surface area contributed by atoms with Crippen LogP contribution < -0.4 is 0 Å². The molecule has 0 N–H and O–H groups in total. The summed E-state index contributed by atoms with van der Waals surface area (Å²) in [6.45, 7) is 0. The Kier molecular flexibility index (Phi) is 4.19. The van der Waals surface area contributed by atoms with E-state index in [0.29, 0.717) is 12.3 Å². The van der Waals surface area contributed by atoms with Crippen LogP contribution in [0.15, 0.2) is 0 Å². The maximum absolute atomic E-state index is 12.0. The van der Waals surface area contributed by atoms with Crippen LogP contribution >= 0.6 is 0 Å². The second-order valence-corrected chi connectivity index (χ2v) is 5.56. The molecule has 1 saturated carbocycles. The minimum atomic E-state index is -0.00870. The quantitative estimate of drug-likeness (QED) is 0.658. The van der Waals surface area contributed by atoms with Crippen molar-refractivity contribution in [1.29, 1.82) is 0 Å². The zero-order chi connectivity index (χ0) is 12.3. The summed E-state index contributed by atoms with van der Waals surface area (Å²) in [5.41, 5.74) is 0. The average Bonchev–Trinajstić information content (AvgIpc) is 2.65. The molecule has 2 rings (SSSR count). The summed E-state index contributed by atoms with van der Waals surface area (Å²) in [6.07, 6.45) is 10.4. The Morgan fingerprint density at radius 1 is 0.941 bits per heavy atom. The minimum absolute atomic E-state index is 0.00870. The number of imide groups is 1. The molecule has 3 nitrogen and oxygen atoms in total. The van der Waals surface area contributed by atoms with Crippen LogP contribution in [0.2, 0.25) is 0 Å². The number of carbonyl (C=O) groups is 2. The maximum Gasteiger partial charge on any atom is 0.232 e. The fraction of sp³-hybridized carbons (Fsp3) is 0.857. The first-order valence-electron chi connectivity index (χ1n) is 7.00. The van der Waals surface area contributed by atoms with Crippen molar-refractivity contribution in [2.75, 3.05) is 7.05 Å². The van der Waals surface area contributed by atoms with Gasteiger partial charge in [-0.1, -0.05) is 38.5 Å². The molecule has 3 heteroatoms. The highest BCUT2D eigenvalue weighted by Crippen LogP contribution is 2.34. The molecule has 1 atom stereocenters. The molecule has 1 unspecified atom stereocenters. The van der Waals surface area contributed by atoms with Crippen molar-refractivity contribution in [3.8, 4) is 0 Å². The number of hydrogen-bond donors (Lipinski definition) is 0. The third-order valence-corrected chi connectivity index (χ3v) is 4.39. The van der Waals surface area contributed by atoms with E-state index in [-0.39, 0.29) is 17.7 Å². The van der Waals surface area contributed by atoms with E-state index in [9.17, 15) is 9.59 Å². The molecule has 2 amide bonds. The molecule has 1 aliphatic carbocycles. The summed E-state index contributed by atoms with van der Waals surface area (Å²) in [6, 6.07) is 0. The largest absolute Gasteiger partial charge is 0.285 e. The number of amides is 2. The van der Waals surface area contributed by atoms with E-state index in [1.54, 1.807) is 7.05 Å². The van der Waals surface area contributed by atoms with Crippen LogP contribution in [0.4, 0.5) is 0 Å². The lowest BCUT2D eigenvalue weighted by atomic mass is 9.83. The summed E-state index contributed by atoms with van der Waals surface area (Å²) < 4.78 is 0. The highest BCUT2D eigenvalue weighted by Gasteiger charge is 2.40. The van der Waals surface area contributed by atoms with Gasteiger partial charge in [0.25, 0.3) is 0 Å². The molecule has 1 heterocycles. The Labute approximate surface area is 104 Å². The van der Waals surface area contributed by atoms with E-state index >= 15 is 0 Å². The lowest BCUT2D eigenvalue weighted by Crippen LogP contribution is -2.28. The van der Waals surface area contributed by atoms with Crippen molar-refractivity contribution in [1.82, 2.24) is 4.90 Å². The standard InChI is InChI=1S/C14H23NO2/c1-15-13(16)10-12(14(15)17)11-8-6-4-2-3-5-7-9-11/h11-12H,2-10H2,1H3. The Hall–Kier alpha value is -0.860. The van der Waals surface area contributed by atoms with Crippen LogP contribution in [0.25, 0.3) is 0 Å². The van der Waals surface area contributed by atoms with Gasteiger partial charge in [-0.2, -0.15) is 0 Å². The molecule has 17 heavy (non-hydrogen) atoms. The van der Waals surface area contributed by atoms with Gasteiger partial charge in [0.05, 0.1) is 5.92 Å². The molecule has 1 saturated heterocycles. The zero-order valence-corrected chi connectivity index (χ0v) is 10.8. The van der Waals surface area contributed by atoms with Crippen LogP contribution in [-0.2, 0) is 9.59 Å². The highest BCUT2D eigenvalue weighted by molar-refractivity contribution is 6.03. The van der Waals surface area contributed by atoms with E-state index < -0.39 is 0 Å². The normalized spacial score (nSPS) is 29.0. The predicted octanol–water partition coefficient (Wildman–Crippen LogP) is 2.74. The van der Waals surface area contributed by atoms with E-state index in [1.807, 2.05) is 0 Å². The van der Waals surface area contributed by atoms with Gasteiger partial charge in [-0.3, -0.25) is 14.5 Å². The van der Waals surface area contributed by atoms with Gasteiger partial charge in [0.1, 0.15) is 0 Å². The lowest BCUT2D eigenvalue weighted by Gasteiger charge is -2.21. The molecule has 0 aromatic carbocycles. The summed E-state index contributed by atoms with van der Waals surface area (Å²) in [5, 5.41) is 0. The Bertz CT molecular complexity index is 291. The van der Waals surface area contributed by atoms with Crippen LogP contribution in [0.5, 0.6) is 0 Å². The first-order chi connectivity index (χ1) is 8.20. The molecule has 2 fully saturated rings. The Morgan fingerprint density at radius 2 is 1.47 bits per heavy atom. The molecule has 2 aliphatic rings. The van der Waals surface area contributed by atoms with Gasteiger partial charge in [-0.15, -0.1) is 0 Å². The molecule has 96 valence electrons. The number of likely N-dealkylation sites (tertiary alicyclic amines) is 1. The molecule has 0 aromatic rings. The van der Waals surface area contributed by atoms with Gasteiger partial charge in [0, 0.05) is 13.5 Å². The molecular weight excluding hydrogens is 214 g/mol. The second kappa shape index (κ2) is 5.65. The topological polar surface area (TPSA) is 37.4 Å². The Morgan fingerprint density at radius 3 is 1.94 bits per heavy atom. The van der Waals surface area contributed by atoms with Gasteiger partial charge in [0.2, 0.25) is 11.8 Å². The van der Waals surface area contributed by atoms with E-state index in [2.05, 4.69) is 0 Å². The van der Waals surface area contributed by atoms with Crippen molar-refractivity contribution in [2.45, 2.75) is 57.8 Å². The molecule has 0 aromatic heterocycles. The fourth-order valence-electron chi connectivity index (χ4n) is 3.22. The number of hydrogen-bond acceptors (Lipinski definition) is 2. The van der Waals surface area contributed by atoms with Crippen LogP contribution in [-0.4, -0.2) is 23.8 Å². The monoisotopic (exact) mass is 237 g/mol. The third-order valence-electron chi connectivity index (χ3n) is 4.39. The van der Waals surface area contributed by atoms with Crippen molar-refractivity contribution in [3.63, 3.8) is 0 Å². The van der Waals surface area contributed by atoms with Gasteiger partial charge in [0.15, 0.2) is 0 Å². The molecule has 1 aliphatic heterocycles. The van der Waals surface area contributed by atoms with Crippen molar-refractivity contribution < 1.29 is 9.59 Å². The average molecular weight is 237 g/mol. The van der Waals surface area contributed by atoms with Gasteiger partial charge in [-0.05, 0) is 18.8 Å². The number of nitrogens with zero attached hydrogens (tertiary/aromatic N) is 1. The molecular formula is C14H23NO2. The van der Waals surface area contributed by atoms with Crippen molar-refractivity contribution in [3.05, 3.63) is 0 Å². The SMILES string of the molecule is CN1C(=O)CC(C2CCCCCCCC2)C1=O. The predicted molar refractivity (Wildman–Crippen MR) is 66.3 cm³/mol. The first kappa shape index (κ1) is 12.6. The smallest absolute Gasteiger partial charge is 0.232 e. The molecule has 0 bridgehead atoms. The summed E-state index contributed by atoms with van der Waals surface area (Å²) in [7, 11) is 1.62. The highest BCUT2D eigenvalue weighted by atomic mass is 16.2. The van der Waals surface area contributed by atoms with E-state index in [4.69, 9.17) is 0 Å².